The Kier molecular flexibility index (Phi) is 2.51. The Bertz CT molecular complexity index is 326. The molecule has 1 rings (SSSR count). The first-order valence-electron chi connectivity index (χ1n) is 3.21. The molecule has 72 valence electrons. The summed E-state index contributed by atoms with van der Waals surface area (Å²) in [5.41, 5.74) is 0. The molecule has 7 heteroatoms. The quantitative estimate of drug-likeness (QED) is 0.817. The normalized spacial score (nSPS) is 11.6. The number of carboxylic acids is 1. The Morgan fingerprint density at radius 3 is 2.77 bits per heavy atom. The van der Waals surface area contributed by atoms with Crippen molar-refractivity contribution in [1.29, 1.82) is 0 Å². The maximum Gasteiger partial charge on any atom is 0.376 e. The second-order valence-electron chi connectivity index (χ2n) is 2.37. The summed E-state index contributed by atoms with van der Waals surface area (Å²) in [7, 11) is 0. The first-order valence-corrected chi connectivity index (χ1v) is 3.59. The van der Waals surface area contributed by atoms with Gasteiger partial charge in [-0.2, -0.15) is 13.9 Å². The molecule has 1 N–H and O–H groups in total. The van der Waals surface area contributed by atoms with E-state index in [4.69, 9.17) is 16.7 Å². The van der Waals surface area contributed by atoms with Gasteiger partial charge in [-0.3, -0.25) is 4.68 Å². The van der Waals surface area contributed by atoms with Crippen molar-refractivity contribution in [1.82, 2.24) is 9.78 Å². The molecule has 0 bridgehead atoms. The van der Waals surface area contributed by atoms with Gasteiger partial charge in [0.25, 0.3) is 0 Å². The van der Waals surface area contributed by atoms with Gasteiger partial charge in [0.15, 0.2) is 0 Å². The molecule has 1 aromatic heterocycles. The number of aromatic nitrogens is 2. The molecular weight excluding hydrogens is 206 g/mol. The van der Waals surface area contributed by atoms with Crippen molar-refractivity contribution in [2.45, 2.75) is 12.5 Å². The Morgan fingerprint density at radius 2 is 2.38 bits per heavy atom. The molecular formula is C6H5ClF2N2O2. The van der Waals surface area contributed by atoms with Crippen molar-refractivity contribution in [3.8, 4) is 0 Å². The molecule has 0 unspecified atom stereocenters. The average molecular weight is 211 g/mol. The second-order valence-corrected chi connectivity index (χ2v) is 2.80. The highest BCUT2D eigenvalue weighted by molar-refractivity contribution is 6.30. The van der Waals surface area contributed by atoms with Crippen molar-refractivity contribution in [2.24, 2.45) is 0 Å². The molecule has 0 saturated heterocycles. The number of carboxylic acid groups (broad SMARTS) is 1. The number of carbonyl (C=O) groups is 1. The molecule has 0 radical (unpaired) electrons. The highest BCUT2D eigenvalue weighted by Crippen LogP contribution is 2.17. The van der Waals surface area contributed by atoms with Crippen molar-refractivity contribution in [2.75, 3.05) is 0 Å². The number of hydrogen-bond acceptors (Lipinski definition) is 2. The fraction of sp³-hybridized carbons (Fsp3) is 0.333. The van der Waals surface area contributed by atoms with Gasteiger partial charge in [0.1, 0.15) is 6.54 Å². The summed E-state index contributed by atoms with van der Waals surface area (Å²) in [5.74, 6) is -6.01. The number of rotatable bonds is 3. The molecule has 0 aliphatic carbocycles. The standard InChI is InChI=1S/C6H5ClF2N2O2/c7-4-1-10-11(2-4)3-6(8,9)5(12)13/h1-2H,3H2,(H,12,13). The number of aliphatic carboxylic acids is 1. The zero-order valence-electron chi connectivity index (χ0n) is 6.25. The third-order valence-corrected chi connectivity index (χ3v) is 1.47. The van der Waals surface area contributed by atoms with Crippen LogP contribution in [-0.2, 0) is 11.3 Å². The van der Waals surface area contributed by atoms with Crippen LogP contribution >= 0.6 is 11.6 Å². The van der Waals surface area contributed by atoms with Gasteiger partial charge in [-0.25, -0.2) is 4.79 Å². The van der Waals surface area contributed by atoms with Crippen molar-refractivity contribution >= 4 is 17.6 Å². The Balaban J connectivity index is 2.74. The van der Waals surface area contributed by atoms with Crippen LogP contribution in [0.25, 0.3) is 0 Å². The average Bonchev–Trinajstić information content (AvgIpc) is 2.34. The lowest BCUT2D eigenvalue weighted by Gasteiger charge is -2.09. The Labute approximate surface area is 76.7 Å². The van der Waals surface area contributed by atoms with Crippen molar-refractivity contribution in [3.63, 3.8) is 0 Å². The van der Waals surface area contributed by atoms with E-state index in [1.54, 1.807) is 0 Å². The van der Waals surface area contributed by atoms with E-state index >= 15 is 0 Å². The van der Waals surface area contributed by atoms with Gasteiger partial charge in [-0.1, -0.05) is 11.6 Å². The third-order valence-electron chi connectivity index (χ3n) is 1.28. The first-order chi connectivity index (χ1) is 5.92. The van der Waals surface area contributed by atoms with Crippen LogP contribution in [0.15, 0.2) is 12.4 Å². The zero-order valence-corrected chi connectivity index (χ0v) is 7.00. The van der Waals surface area contributed by atoms with Gasteiger partial charge in [0.2, 0.25) is 0 Å². The Hall–Kier alpha value is -1.17. The number of hydrogen-bond donors (Lipinski definition) is 1. The van der Waals surface area contributed by atoms with Gasteiger partial charge >= 0.3 is 11.9 Å². The van der Waals surface area contributed by atoms with E-state index in [0.717, 1.165) is 17.1 Å². The fourth-order valence-electron chi connectivity index (χ4n) is 0.696. The lowest BCUT2D eigenvalue weighted by atomic mass is 10.3. The van der Waals surface area contributed by atoms with Crippen LogP contribution in [0.1, 0.15) is 0 Å². The highest BCUT2D eigenvalue weighted by Gasteiger charge is 2.39. The summed E-state index contributed by atoms with van der Waals surface area (Å²) >= 11 is 5.39. The summed E-state index contributed by atoms with van der Waals surface area (Å²) in [4.78, 5) is 10.0. The summed E-state index contributed by atoms with van der Waals surface area (Å²) in [6.45, 7) is -1.02. The van der Waals surface area contributed by atoms with Crippen LogP contribution in [0.5, 0.6) is 0 Å². The Morgan fingerprint density at radius 1 is 1.77 bits per heavy atom. The zero-order chi connectivity index (χ0) is 10.1. The molecule has 0 fully saturated rings. The van der Waals surface area contributed by atoms with E-state index in [0.29, 0.717) is 0 Å². The van der Waals surface area contributed by atoms with Gasteiger partial charge in [0.05, 0.1) is 11.2 Å². The molecule has 0 saturated carbocycles. The summed E-state index contributed by atoms with van der Waals surface area (Å²) < 4.78 is 25.9. The predicted octanol–water partition coefficient (Wildman–Crippen LogP) is 1.26. The minimum atomic E-state index is -3.82. The SMILES string of the molecule is O=C(O)C(F)(F)Cn1cc(Cl)cn1. The molecule has 1 aromatic rings. The lowest BCUT2D eigenvalue weighted by molar-refractivity contribution is -0.167. The topological polar surface area (TPSA) is 55.1 Å². The molecule has 0 spiro atoms. The van der Waals surface area contributed by atoms with Crippen LogP contribution in [0.3, 0.4) is 0 Å². The smallest absolute Gasteiger partial charge is 0.376 e. The molecule has 1 heterocycles. The maximum atomic E-state index is 12.5. The molecule has 13 heavy (non-hydrogen) atoms. The van der Waals surface area contributed by atoms with E-state index in [9.17, 15) is 13.6 Å². The van der Waals surface area contributed by atoms with Crippen molar-refractivity contribution in [3.05, 3.63) is 17.4 Å². The molecule has 0 amide bonds. The van der Waals surface area contributed by atoms with Crippen LogP contribution in [0, 0.1) is 0 Å². The maximum absolute atomic E-state index is 12.5. The first kappa shape index (κ1) is 9.91. The van der Waals surface area contributed by atoms with Gasteiger partial charge < -0.3 is 5.11 Å². The van der Waals surface area contributed by atoms with E-state index in [-0.39, 0.29) is 5.02 Å². The van der Waals surface area contributed by atoms with Crippen LogP contribution in [0.4, 0.5) is 8.78 Å². The monoisotopic (exact) mass is 210 g/mol. The predicted molar refractivity (Wildman–Crippen MR) is 39.8 cm³/mol. The van der Waals surface area contributed by atoms with Gasteiger partial charge in [0, 0.05) is 6.20 Å². The minimum absolute atomic E-state index is 0.182. The van der Waals surface area contributed by atoms with E-state index in [2.05, 4.69) is 5.10 Å². The van der Waals surface area contributed by atoms with Crippen LogP contribution < -0.4 is 0 Å². The van der Waals surface area contributed by atoms with Crippen LogP contribution in [-0.4, -0.2) is 26.8 Å². The molecule has 0 atom stereocenters. The molecule has 0 aliphatic heterocycles. The summed E-state index contributed by atoms with van der Waals surface area (Å²) in [6, 6.07) is 0. The van der Waals surface area contributed by atoms with E-state index in [1.807, 2.05) is 0 Å². The molecule has 0 aliphatic rings. The van der Waals surface area contributed by atoms with Crippen molar-refractivity contribution < 1.29 is 18.7 Å². The van der Waals surface area contributed by atoms with Crippen LogP contribution in [0.2, 0.25) is 5.02 Å². The summed E-state index contributed by atoms with van der Waals surface area (Å²) in [5, 5.41) is 11.7. The minimum Gasteiger partial charge on any atom is -0.477 e. The molecule has 4 nitrogen and oxygen atoms in total. The van der Waals surface area contributed by atoms with Gasteiger partial charge in [-0.15, -0.1) is 0 Å². The van der Waals surface area contributed by atoms with Gasteiger partial charge in [-0.05, 0) is 0 Å². The summed E-state index contributed by atoms with van der Waals surface area (Å²) in [6.07, 6.45) is 2.28. The third kappa shape index (κ3) is 2.38. The number of halogens is 3. The highest BCUT2D eigenvalue weighted by atomic mass is 35.5. The van der Waals surface area contributed by atoms with E-state index in [1.165, 1.54) is 0 Å². The lowest BCUT2D eigenvalue weighted by Crippen LogP contribution is -2.33. The largest absolute Gasteiger partial charge is 0.477 e. The second kappa shape index (κ2) is 3.29. The number of alkyl halides is 2. The van der Waals surface area contributed by atoms with E-state index < -0.39 is 18.4 Å². The fourth-order valence-corrected chi connectivity index (χ4v) is 0.852. The number of nitrogens with zero attached hydrogens (tertiary/aromatic N) is 2. The molecule has 0 aromatic carbocycles.